The molecule has 0 N–H and O–H groups in total. The third-order valence-electron chi connectivity index (χ3n) is 6.41. The predicted octanol–water partition coefficient (Wildman–Crippen LogP) is 4.46. The zero-order valence-corrected chi connectivity index (χ0v) is 20.3. The van der Waals surface area contributed by atoms with Gasteiger partial charge in [-0.1, -0.05) is 26.8 Å². The third-order valence-corrected chi connectivity index (χ3v) is 10.8. The number of carbonyl (C=O) groups excluding carboxylic acids is 1. The summed E-state index contributed by atoms with van der Waals surface area (Å²) in [7, 11) is -1.29. The van der Waals surface area contributed by atoms with E-state index >= 15 is 0 Å². The molecule has 0 atom stereocenters. The average Bonchev–Trinajstić information content (AvgIpc) is 2.73. The zero-order chi connectivity index (χ0) is 21.7. The van der Waals surface area contributed by atoms with E-state index in [4.69, 9.17) is 18.5 Å². The highest BCUT2D eigenvalue weighted by molar-refractivity contribution is 6.74. The number of hydrogen-bond acceptors (Lipinski definition) is 5. The van der Waals surface area contributed by atoms with Gasteiger partial charge in [-0.25, -0.2) is 4.79 Å². The first-order valence-electron chi connectivity index (χ1n) is 9.80. The Kier molecular flexibility index (Phi) is 5.90. The van der Waals surface area contributed by atoms with Crippen molar-refractivity contribution in [3.63, 3.8) is 0 Å². The number of ether oxygens (including phenoxy) is 1. The van der Waals surface area contributed by atoms with Gasteiger partial charge < -0.3 is 18.5 Å². The third kappa shape index (κ3) is 4.16. The van der Waals surface area contributed by atoms with Crippen molar-refractivity contribution in [3.8, 4) is 5.75 Å². The summed E-state index contributed by atoms with van der Waals surface area (Å²) in [6.07, 6.45) is 0. The van der Waals surface area contributed by atoms with Crippen LogP contribution in [-0.2, 0) is 14.0 Å². The number of esters is 1. The van der Waals surface area contributed by atoms with Gasteiger partial charge in [-0.3, -0.25) is 0 Å². The second-order valence-electron chi connectivity index (χ2n) is 10.2. The summed E-state index contributed by atoms with van der Waals surface area (Å²) in [5.41, 5.74) is 1.22. The average molecular weight is 406 g/mol. The maximum Gasteiger partial charge on any atom is 0.494 e. The van der Waals surface area contributed by atoms with Crippen molar-refractivity contribution in [2.75, 3.05) is 7.11 Å². The fraction of sp³-hybridized carbons (Fsp3) is 0.667. The number of benzene rings is 1. The number of methoxy groups -OCH3 is 1. The van der Waals surface area contributed by atoms with Gasteiger partial charge in [0, 0.05) is 0 Å². The summed E-state index contributed by atoms with van der Waals surface area (Å²) >= 11 is 0. The van der Waals surface area contributed by atoms with E-state index in [0.29, 0.717) is 11.3 Å². The van der Waals surface area contributed by atoms with Gasteiger partial charge in [0.05, 0.1) is 18.3 Å². The van der Waals surface area contributed by atoms with Gasteiger partial charge in [-0.15, -0.1) is 0 Å². The second kappa shape index (κ2) is 7.18. The van der Waals surface area contributed by atoms with Crippen molar-refractivity contribution >= 4 is 26.9 Å². The van der Waals surface area contributed by atoms with Crippen molar-refractivity contribution in [2.45, 2.75) is 84.7 Å². The molecule has 156 valence electrons. The van der Waals surface area contributed by atoms with Crippen molar-refractivity contribution in [2.24, 2.45) is 0 Å². The molecule has 0 bridgehead atoms. The van der Waals surface area contributed by atoms with Crippen LogP contribution in [0.1, 0.15) is 64.4 Å². The smallest absolute Gasteiger partial charge is 0.494 e. The fourth-order valence-electron chi connectivity index (χ4n) is 2.77. The van der Waals surface area contributed by atoms with Gasteiger partial charge in [0.1, 0.15) is 11.3 Å². The van der Waals surface area contributed by atoms with Crippen molar-refractivity contribution in [1.29, 1.82) is 0 Å². The van der Waals surface area contributed by atoms with Crippen molar-refractivity contribution < 1.29 is 23.3 Å². The van der Waals surface area contributed by atoms with Crippen LogP contribution in [0.15, 0.2) is 12.1 Å². The number of rotatable bonds is 4. The fourth-order valence-corrected chi connectivity index (χ4v) is 3.79. The van der Waals surface area contributed by atoms with Crippen LogP contribution in [0.4, 0.5) is 0 Å². The van der Waals surface area contributed by atoms with Crippen LogP contribution >= 0.6 is 0 Å². The standard InChI is InChI=1S/C21H35BO5Si/c1-14-12-15(22-26-20(5,6)21(7,8)27-22)13-16(17(14)18(23)24-9)25-28(10,11)19(2,3)4/h12-13H,1-11H3. The van der Waals surface area contributed by atoms with E-state index in [1.165, 1.54) is 7.11 Å². The molecule has 1 fully saturated rings. The minimum Gasteiger partial charge on any atom is -0.543 e. The Balaban J connectivity index is 2.55. The first kappa shape index (κ1) is 23.0. The molecule has 1 aromatic carbocycles. The molecular formula is C21H35BO5Si. The molecule has 7 heteroatoms. The second-order valence-corrected chi connectivity index (χ2v) is 14.9. The van der Waals surface area contributed by atoms with Crippen LogP contribution in [0.25, 0.3) is 0 Å². The first-order chi connectivity index (χ1) is 12.5. The lowest BCUT2D eigenvalue weighted by Crippen LogP contribution is -2.45. The Bertz CT molecular complexity index is 749. The summed E-state index contributed by atoms with van der Waals surface area (Å²) in [6, 6.07) is 3.80. The van der Waals surface area contributed by atoms with E-state index in [2.05, 4.69) is 33.9 Å². The molecule has 1 aliphatic rings. The lowest BCUT2D eigenvalue weighted by atomic mass is 9.77. The molecule has 0 saturated carbocycles. The highest BCUT2D eigenvalue weighted by Crippen LogP contribution is 2.40. The van der Waals surface area contributed by atoms with E-state index in [0.717, 1.165) is 11.0 Å². The van der Waals surface area contributed by atoms with Crippen molar-refractivity contribution in [1.82, 2.24) is 0 Å². The quantitative estimate of drug-likeness (QED) is 0.546. The molecular weight excluding hydrogens is 371 g/mol. The van der Waals surface area contributed by atoms with E-state index < -0.39 is 32.6 Å². The van der Waals surface area contributed by atoms with Gasteiger partial charge in [0.15, 0.2) is 0 Å². The van der Waals surface area contributed by atoms with Crippen LogP contribution < -0.4 is 9.89 Å². The molecule has 0 aromatic heterocycles. The highest BCUT2D eigenvalue weighted by Gasteiger charge is 2.52. The minimum absolute atomic E-state index is 0.00532. The Labute approximate surface area is 171 Å². The van der Waals surface area contributed by atoms with Gasteiger partial charge in [0.2, 0.25) is 0 Å². The largest absolute Gasteiger partial charge is 0.543 e. The number of hydrogen-bond donors (Lipinski definition) is 0. The Morgan fingerprint density at radius 1 is 1.07 bits per heavy atom. The first-order valence-corrected chi connectivity index (χ1v) is 12.7. The molecule has 0 spiro atoms. The summed E-state index contributed by atoms with van der Waals surface area (Å²) in [6.45, 7) is 20.8. The van der Waals surface area contributed by atoms with Gasteiger partial charge >= 0.3 is 13.1 Å². The lowest BCUT2D eigenvalue weighted by Gasteiger charge is -2.37. The SMILES string of the molecule is COC(=O)c1c(C)cc(B2OC(C)(C)C(C)(C)O2)cc1O[Si](C)(C)C(C)(C)C. The summed E-state index contributed by atoms with van der Waals surface area (Å²) in [5.74, 6) is 0.148. The number of aryl methyl sites for hydroxylation is 1. The summed E-state index contributed by atoms with van der Waals surface area (Å²) < 4.78 is 24.0. The van der Waals surface area contributed by atoms with Crippen LogP contribution in [0.5, 0.6) is 5.75 Å². The molecule has 5 nitrogen and oxygen atoms in total. The highest BCUT2D eigenvalue weighted by atomic mass is 28.4. The molecule has 1 aromatic rings. The molecule has 1 heterocycles. The van der Waals surface area contributed by atoms with Crippen LogP contribution in [0.3, 0.4) is 0 Å². The summed E-state index contributed by atoms with van der Waals surface area (Å²) in [5, 5.41) is -0.00532. The van der Waals surface area contributed by atoms with Crippen LogP contribution in [-0.4, -0.2) is 39.7 Å². The predicted molar refractivity (Wildman–Crippen MR) is 116 cm³/mol. The van der Waals surface area contributed by atoms with Crippen molar-refractivity contribution in [3.05, 3.63) is 23.3 Å². The topological polar surface area (TPSA) is 54.0 Å². The normalized spacial score (nSPS) is 18.9. The lowest BCUT2D eigenvalue weighted by molar-refractivity contribution is 0.00578. The van der Waals surface area contributed by atoms with E-state index in [1.54, 1.807) is 0 Å². The van der Waals surface area contributed by atoms with Crippen LogP contribution in [0.2, 0.25) is 18.1 Å². The molecule has 28 heavy (non-hydrogen) atoms. The molecule has 0 amide bonds. The minimum atomic E-state index is -2.17. The molecule has 2 rings (SSSR count). The molecule has 0 aliphatic carbocycles. The van der Waals surface area contributed by atoms with E-state index in [9.17, 15) is 4.79 Å². The summed E-state index contributed by atoms with van der Waals surface area (Å²) in [4.78, 5) is 12.5. The Hall–Kier alpha value is -1.31. The monoisotopic (exact) mass is 406 g/mol. The maximum atomic E-state index is 12.5. The maximum absolute atomic E-state index is 12.5. The van der Waals surface area contributed by atoms with Crippen LogP contribution in [0, 0.1) is 6.92 Å². The van der Waals surface area contributed by atoms with Gasteiger partial charge in [-0.2, -0.15) is 0 Å². The van der Waals surface area contributed by atoms with E-state index in [1.807, 2.05) is 46.8 Å². The van der Waals surface area contributed by atoms with Gasteiger partial charge in [0.25, 0.3) is 8.32 Å². The van der Waals surface area contributed by atoms with E-state index in [-0.39, 0.29) is 5.04 Å². The van der Waals surface area contributed by atoms with Gasteiger partial charge in [-0.05, 0) is 69.8 Å². The molecule has 1 aliphatic heterocycles. The zero-order valence-electron chi connectivity index (χ0n) is 19.3. The number of carbonyl (C=O) groups is 1. The Morgan fingerprint density at radius 3 is 2.00 bits per heavy atom. The molecule has 1 saturated heterocycles. The Morgan fingerprint density at radius 2 is 1.57 bits per heavy atom. The molecule has 0 unspecified atom stereocenters. The molecule has 0 radical (unpaired) electrons.